The van der Waals surface area contributed by atoms with Crippen LogP contribution in [0.25, 0.3) is 10.4 Å². The van der Waals surface area contributed by atoms with Crippen molar-refractivity contribution < 1.29 is 9.47 Å². The van der Waals surface area contributed by atoms with Crippen molar-refractivity contribution in [1.29, 1.82) is 0 Å². The van der Waals surface area contributed by atoms with Crippen molar-refractivity contribution in [1.82, 2.24) is 4.98 Å². The van der Waals surface area contributed by atoms with Crippen LogP contribution < -0.4 is 10.1 Å². The molecule has 0 saturated heterocycles. The highest BCUT2D eigenvalue weighted by Crippen LogP contribution is 2.30. The predicted octanol–water partition coefficient (Wildman–Crippen LogP) is 4.45. The number of nitrogens with one attached hydrogen (secondary N) is 1. The first-order chi connectivity index (χ1) is 11.8. The SMILES string of the molecule is COCCNc1ncc(-c2ccc(OCc3ccccc3)cc2)s1. The van der Waals surface area contributed by atoms with Gasteiger partial charge >= 0.3 is 0 Å². The van der Waals surface area contributed by atoms with E-state index in [1.807, 2.05) is 36.5 Å². The van der Waals surface area contributed by atoms with Gasteiger partial charge in [0.2, 0.25) is 0 Å². The van der Waals surface area contributed by atoms with E-state index in [0.29, 0.717) is 13.2 Å². The quantitative estimate of drug-likeness (QED) is 0.615. The third-order valence-corrected chi connectivity index (χ3v) is 4.48. The molecule has 0 aliphatic carbocycles. The molecule has 0 aliphatic heterocycles. The van der Waals surface area contributed by atoms with Gasteiger partial charge in [-0.3, -0.25) is 0 Å². The number of ether oxygens (including phenoxy) is 2. The molecule has 0 amide bonds. The zero-order chi connectivity index (χ0) is 16.6. The van der Waals surface area contributed by atoms with Gasteiger partial charge in [-0.2, -0.15) is 0 Å². The molecule has 2 aromatic carbocycles. The average Bonchev–Trinajstić information content (AvgIpc) is 3.10. The summed E-state index contributed by atoms with van der Waals surface area (Å²) in [4.78, 5) is 5.51. The molecule has 0 atom stereocenters. The Balaban J connectivity index is 1.58. The Morgan fingerprint density at radius 2 is 1.83 bits per heavy atom. The molecule has 0 saturated carbocycles. The minimum atomic E-state index is 0.578. The van der Waals surface area contributed by atoms with E-state index in [4.69, 9.17) is 9.47 Å². The first-order valence-electron chi connectivity index (χ1n) is 7.81. The highest BCUT2D eigenvalue weighted by Gasteiger charge is 2.05. The molecule has 4 nitrogen and oxygen atoms in total. The molecule has 0 unspecified atom stereocenters. The Hall–Kier alpha value is -2.37. The van der Waals surface area contributed by atoms with Gasteiger partial charge in [0.15, 0.2) is 5.13 Å². The summed E-state index contributed by atoms with van der Waals surface area (Å²) in [7, 11) is 1.69. The summed E-state index contributed by atoms with van der Waals surface area (Å²) >= 11 is 1.63. The maximum Gasteiger partial charge on any atom is 0.183 e. The highest BCUT2D eigenvalue weighted by molar-refractivity contribution is 7.18. The van der Waals surface area contributed by atoms with E-state index in [9.17, 15) is 0 Å². The van der Waals surface area contributed by atoms with E-state index in [0.717, 1.165) is 33.4 Å². The van der Waals surface area contributed by atoms with Gasteiger partial charge in [0.05, 0.1) is 11.5 Å². The van der Waals surface area contributed by atoms with Gasteiger partial charge in [0.1, 0.15) is 12.4 Å². The van der Waals surface area contributed by atoms with Gasteiger partial charge < -0.3 is 14.8 Å². The molecule has 1 heterocycles. The second-order valence-electron chi connectivity index (χ2n) is 5.25. The standard InChI is InChI=1S/C19H20N2O2S/c1-22-12-11-20-19-21-13-18(24-19)16-7-9-17(10-8-16)23-14-15-5-3-2-4-6-15/h2-10,13H,11-12,14H2,1H3,(H,20,21). The molecule has 1 N–H and O–H groups in total. The third-order valence-electron chi connectivity index (χ3n) is 3.48. The summed E-state index contributed by atoms with van der Waals surface area (Å²) in [6.07, 6.45) is 1.89. The van der Waals surface area contributed by atoms with Crippen LogP contribution in [-0.2, 0) is 11.3 Å². The average molecular weight is 340 g/mol. The molecule has 3 aromatic rings. The number of aromatic nitrogens is 1. The van der Waals surface area contributed by atoms with Crippen LogP contribution in [0.1, 0.15) is 5.56 Å². The third kappa shape index (κ3) is 4.57. The smallest absolute Gasteiger partial charge is 0.183 e. The van der Waals surface area contributed by atoms with Crippen molar-refractivity contribution in [3.8, 4) is 16.2 Å². The zero-order valence-corrected chi connectivity index (χ0v) is 14.4. The second-order valence-corrected chi connectivity index (χ2v) is 6.28. The van der Waals surface area contributed by atoms with Crippen LogP contribution in [0.2, 0.25) is 0 Å². The number of hydrogen-bond acceptors (Lipinski definition) is 5. The number of benzene rings is 2. The van der Waals surface area contributed by atoms with Gasteiger partial charge in [-0.05, 0) is 35.4 Å². The summed E-state index contributed by atoms with van der Waals surface area (Å²) in [5.41, 5.74) is 2.30. The van der Waals surface area contributed by atoms with Crippen LogP contribution in [0, 0.1) is 0 Å². The first-order valence-corrected chi connectivity index (χ1v) is 8.62. The Morgan fingerprint density at radius 1 is 1.04 bits per heavy atom. The molecule has 1 aromatic heterocycles. The van der Waals surface area contributed by atoms with Gasteiger partial charge in [-0.1, -0.05) is 41.7 Å². The number of methoxy groups -OCH3 is 1. The van der Waals surface area contributed by atoms with Gasteiger partial charge in [-0.15, -0.1) is 0 Å². The van der Waals surface area contributed by atoms with Crippen LogP contribution >= 0.6 is 11.3 Å². The van der Waals surface area contributed by atoms with Crippen LogP contribution in [0.15, 0.2) is 60.8 Å². The number of nitrogens with zero attached hydrogens (tertiary/aromatic N) is 1. The van der Waals surface area contributed by atoms with E-state index in [-0.39, 0.29) is 0 Å². The molecular formula is C19H20N2O2S. The van der Waals surface area contributed by atoms with Crippen molar-refractivity contribution in [3.63, 3.8) is 0 Å². The van der Waals surface area contributed by atoms with Crippen molar-refractivity contribution in [2.24, 2.45) is 0 Å². The first kappa shape index (κ1) is 16.5. The monoisotopic (exact) mass is 340 g/mol. The predicted molar refractivity (Wildman–Crippen MR) is 98.7 cm³/mol. The summed E-state index contributed by atoms with van der Waals surface area (Å²) in [6.45, 7) is 2.01. The Labute approximate surface area is 146 Å². The molecule has 0 spiro atoms. The molecule has 0 bridgehead atoms. The number of anilines is 1. The molecule has 0 aliphatic rings. The largest absolute Gasteiger partial charge is 0.489 e. The fourth-order valence-electron chi connectivity index (χ4n) is 2.21. The van der Waals surface area contributed by atoms with Crippen molar-refractivity contribution in [3.05, 3.63) is 66.4 Å². The summed E-state index contributed by atoms with van der Waals surface area (Å²) < 4.78 is 10.8. The Kier molecular flexibility index (Phi) is 5.82. The van der Waals surface area contributed by atoms with E-state index >= 15 is 0 Å². The molecule has 3 rings (SSSR count). The fraction of sp³-hybridized carbons (Fsp3) is 0.211. The minimum Gasteiger partial charge on any atom is -0.489 e. The second kappa shape index (κ2) is 8.47. The lowest BCUT2D eigenvalue weighted by Gasteiger charge is -2.06. The molecule has 5 heteroatoms. The van der Waals surface area contributed by atoms with Crippen LogP contribution in [0.3, 0.4) is 0 Å². The number of hydrogen-bond donors (Lipinski definition) is 1. The lowest BCUT2D eigenvalue weighted by Crippen LogP contribution is -2.06. The Bertz CT molecular complexity index is 742. The molecule has 24 heavy (non-hydrogen) atoms. The van der Waals surface area contributed by atoms with E-state index < -0.39 is 0 Å². The van der Waals surface area contributed by atoms with Gasteiger partial charge in [-0.25, -0.2) is 4.98 Å². The van der Waals surface area contributed by atoms with Crippen molar-refractivity contribution in [2.75, 3.05) is 25.6 Å². The number of rotatable bonds is 8. The summed E-state index contributed by atoms with van der Waals surface area (Å²) in [5.74, 6) is 0.866. The minimum absolute atomic E-state index is 0.578. The van der Waals surface area contributed by atoms with E-state index in [1.165, 1.54) is 0 Å². The topological polar surface area (TPSA) is 43.4 Å². The van der Waals surface area contributed by atoms with Crippen LogP contribution in [0.5, 0.6) is 5.75 Å². The molecular weight excluding hydrogens is 320 g/mol. The van der Waals surface area contributed by atoms with Crippen molar-refractivity contribution in [2.45, 2.75) is 6.61 Å². The van der Waals surface area contributed by atoms with Crippen molar-refractivity contribution >= 4 is 16.5 Å². The van der Waals surface area contributed by atoms with E-state index in [1.54, 1.807) is 18.4 Å². The van der Waals surface area contributed by atoms with Crippen LogP contribution in [-0.4, -0.2) is 25.2 Å². The molecule has 0 fully saturated rings. The zero-order valence-electron chi connectivity index (χ0n) is 13.6. The van der Waals surface area contributed by atoms with Crippen LogP contribution in [0.4, 0.5) is 5.13 Å². The van der Waals surface area contributed by atoms with Gasteiger partial charge in [0.25, 0.3) is 0 Å². The lowest BCUT2D eigenvalue weighted by atomic mass is 10.2. The maximum atomic E-state index is 5.82. The van der Waals surface area contributed by atoms with E-state index in [2.05, 4.69) is 34.6 Å². The lowest BCUT2D eigenvalue weighted by molar-refractivity contribution is 0.211. The Morgan fingerprint density at radius 3 is 2.58 bits per heavy atom. The summed E-state index contributed by atoms with van der Waals surface area (Å²) in [6, 6.07) is 18.3. The molecule has 0 radical (unpaired) electrons. The van der Waals surface area contributed by atoms with Gasteiger partial charge in [0, 0.05) is 19.9 Å². The fourth-order valence-corrected chi connectivity index (χ4v) is 3.05. The summed E-state index contributed by atoms with van der Waals surface area (Å²) in [5, 5.41) is 4.15. The normalized spacial score (nSPS) is 10.5. The highest BCUT2D eigenvalue weighted by atomic mass is 32.1. The molecule has 124 valence electrons. The maximum absolute atomic E-state index is 5.82. The number of thiazole rings is 1.